The van der Waals surface area contributed by atoms with Crippen molar-refractivity contribution in [1.82, 2.24) is 14.8 Å². The van der Waals surface area contributed by atoms with Crippen molar-refractivity contribution >= 4 is 12.0 Å². The van der Waals surface area contributed by atoms with Gasteiger partial charge in [0.25, 0.3) is 5.91 Å². The number of hydrogen-bond donors (Lipinski definition) is 0. The number of benzene rings is 2. The van der Waals surface area contributed by atoms with Gasteiger partial charge in [-0.1, -0.05) is 60.7 Å². The summed E-state index contributed by atoms with van der Waals surface area (Å²) in [6.07, 6.45) is 4.32. The van der Waals surface area contributed by atoms with E-state index in [0.29, 0.717) is 30.4 Å². The molecule has 148 valence electrons. The molecule has 5 heteroatoms. The molecule has 1 amide bonds. The molecule has 2 aromatic carbocycles. The lowest BCUT2D eigenvalue weighted by Gasteiger charge is -2.33. The molecule has 3 aromatic rings. The first-order chi connectivity index (χ1) is 14.2. The zero-order valence-corrected chi connectivity index (χ0v) is 16.6. The average molecular weight is 387 g/mol. The summed E-state index contributed by atoms with van der Waals surface area (Å²) in [5, 5.41) is 0. The minimum atomic E-state index is -0.0482. The Balaban J connectivity index is 1.33. The number of nitrogens with zero attached hydrogens (tertiary/aromatic N) is 3. The lowest BCUT2D eigenvalue weighted by Crippen LogP contribution is -2.48. The summed E-state index contributed by atoms with van der Waals surface area (Å²) in [6, 6.07) is 20.0. The Bertz CT molecular complexity index is 972. The minimum absolute atomic E-state index is 0.0482. The molecule has 0 N–H and O–H groups in total. The smallest absolute Gasteiger partial charge is 0.276 e. The number of piperazine rings is 1. The van der Waals surface area contributed by atoms with Gasteiger partial charge in [0.05, 0.1) is 0 Å². The van der Waals surface area contributed by atoms with E-state index in [4.69, 9.17) is 4.42 Å². The fourth-order valence-electron chi connectivity index (χ4n) is 3.48. The highest BCUT2D eigenvalue weighted by Gasteiger charge is 2.26. The summed E-state index contributed by atoms with van der Waals surface area (Å²) in [4.78, 5) is 21.6. The topological polar surface area (TPSA) is 49.6 Å². The van der Waals surface area contributed by atoms with Crippen LogP contribution >= 0.6 is 0 Å². The van der Waals surface area contributed by atoms with Crippen LogP contribution in [0, 0.1) is 6.92 Å². The first-order valence-corrected chi connectivity index (χ1v) is 9.97. The summed E-state index contributed by atoms with van der Waals surface area (Å²) >= 11 is 0. The third-order valence-electron chi connectivity index (χ3n) is 5.15. The van der Waals surface area contributed by atoms with Crippen LogP contribution in [-0.4, -0.2) is 53.4 Å². The molecular weight excluding hydrogens is 362 g/mol. The second-order valence-corrected chi connectivity index (χ2v) is 7.20. The van der Waals surface area contributed by atoms with Crippen LogP contribution in [0.5, 0.6) is 0 Å². The molecule has 1 saturated heterocycles. The van der Waals surface area contributed by atoms with E-state index < -0.39 is 0 Å². The van der Waals surface area contributed by atoms with Gasteiger partial charge in [0, 0.05) is 38.3 Å². The van der Waals surface area contributed by atoms with E-state index in [1.165, 1.54) is 5.56 Å². The maximum atomic E-state index is 12.9. The van der Waals surface area contributed by atoms with E-state index >= 15 is 0 Å². The lowest BCUT2D eigenvalue weighted by atomic mass is 10.2. The molecule has 29 heavy (non-hydrogen) atoms. The Morgan fingerprint density at radius 3 is 2.34 bits per heavy atom. The quantitative estimate of drug-likeness (QED) is 0.661. The van der Waals surface area contributed by atoms with Crippen molar-refractivity contribution < 1.29 is 9.21 Å². The van der Waals surface area contributed by atoms with Gasteiger partial charge in [-0.25, -0.2) is 4.98 Å². The van der Waals surface area contributed by atoms with Crippen molar-refractivity contribution in [2.75, 3.05) is 32.7 Å². The van der Waals surface area contributed by atoms with Crippen LogP contribution in [0.2, 0.25) is 0 Å². The number of aromatic nitrogens is 1. The van der Waals surface area contributed by atoms with Crippen LogP contribution < -0.4 is 0 Å². The lowest BCUT2D eigenvalue weighted by molar-refractivity contribution is 0.0643. The molecule has 5 nitrogen and oxygen atoms in total. The molecule has 0 atom stereocenters. The number of carbonyl (C=O) groups excluding carboxylic acids is 1. The van der Waals surface area contributed by atoms with Crippen LogP contribution in [0.1, 0.15) is 21.8 Å². The monoisotopic (exact) mass is 387 g/mol. The maximum absolute atomic E-state index is 12.9. The minimum Gasteiger partial charge on any atom is -0.441 e. The van der Waals surface area contributed by atoms with Gasteiger partial charge in [0.1, 0.15) is 5.76 Å². The molecular formula is C24H25N3O2. The number of aryl methyl sites for hydroxylation is 1. The van der Waals surface area contributed by atoms with Gasteiger partial charge in [-0.2, -0.15) is 0 Å². The maximum Gasteiger partial charge on any atom is 0.276 e. The van der Waals surface area contributed by atoms with Crippen molar-refractivity contribution in [1.29, 1.82) is 0 Å². The highest BCUT2D eigenvalue weighted by Crippen LogP contribution is 2.22. The van der Waals surface area contributed by atoms with Gasteiger partial charge in [0.15, 0.2) is 5.69 Å². The first kappa shape index (κ1) is 19.2. The summed E-state index contributed by atoms with van der Waals surface area (Å²) in [7, 11) is 0. The predicted molar refractivity (Wildman–Crippen MR) is 114 cm³/mol. The summed E-state index contributed by atoms with van der Waals surface area (Å²) in [5.41, 5.74) is 2.50. The van der Waals surface area contributed by atoms with Gasteiger partial charge < -0.3 is 9.32 Å². The molecule has 4 rings (SSSR count). The fraction of sp³-hybridized carbons (Fsp3) is 0.250. The Kier molecular flexibility index (Phi) is 5.86. The number of oxazole rings is 1. The van der Waals surface area contributed by atoms with Gasteiger partial charge in [-0.15, -0.1) is 0 Å². The van der Waals surface area contributed by atoms with Gasteiger partial charge in [0.2, 0.25) is 5.89 Å². The Labute approximate surface area is 171 Å². The van der Waals surface area contributed by atoms with Crippen molar-refractivity contribution in [2.24, 2.45) is 0 Å². The third kappa shape index (κ3) is 4.63. The van der Waals surface area contributed by atoms with Crippen LogP contribution in [0.3, 0.4) is 0 Å². The Morgan fingerprint density at radius 1 is 1.00 bits per heavy atom. The van der Waals surface area contributed by atoms with E-state index in [0.717, 1.165) is 25.2 Å². The van der Waals surface area contributed by atoms with Gasteiger partial charge in [-0.05, 0) is 24.6 Å². The van der Waals surface area contributed by atoms with Gasteiger partial charge in [-0.3, -0.25) is 9.69 Å². The van der Waals surface area contributed by atoms with Crippen LogP contribution in [-0.2, 0) is 0 Å². The highest BCUT2D eigenvalue weighted by atomic mass is 16.4. The number of amides is 1. The van der Waals surface area contributed by atoms with E-state index in [2.05, 4.69) is 34.2 Å². The van der Waals surface area contributed by atoms with Crippen molar-refractivity contribution in [2.45, 2.75) is 6.92 Å². The molecule has 0 saturated carbocycles. The number of hydrogen-bond acceptors (Lipinski definition) is 4. The predicted octanol–water partition coefficient (Wildman–Crippen LogP) is 4.12. The van der Waals surface area contributed by atoms with E-state index in [1.807, 2.05) is 53.4 Å². The molecule has 1 aromatic heterocycles. The molecule has 0 radical (unpaired) electrons. The second-order valence-electron chi connectivity index (χ2n) is 7.20. The molecule has 2 heterocycles. The molecule has 0 unspecified atom stereocenters. The molecule has 0 bridgehead atoms. The zero-order valence-electron chi connectivity index (χ0n) is 16.6. The molecule has 1 aliphatic heterocycles. The van der Waals surface area contributed by atoms with Crippen molar-refractivity contribution in [3.05, 3.63) is 83.8 Å². The highest BCUT2D eigenvalue weighted by molar-refractivity contribution is 5.93. The molecule has 1 aliphatic rings. The number of rotatable bonds is 5. The Morgan fingerprint density at radius 2 is 1.66 bits per heavy atom. The largest absolute Gasteiger partial charge is 0.441 e. The average Bonchev–Trinajstić information content (AvgIpc) is 3.17. The fourth-order valence-corrected chi connectivity index (χ4v) is 3.48. The standard InChI is InChI=1S/C24H25N3O2/c1-19-22(25-23(29-19)21-12-6-3-7-13-21)24(28)27-17-15-26(16-18-27)14-8-11-20-9-4-2-5-10-20/h2-13H,14-18H2,1H3/b11-8+. The van der Waals surface area contributed by atoms with E-state index in [-0.39, 0.29) is 5.91 Å². The van der Waals surface area contributed by atoms with E-state index in [1.54, 1.807) is 6.92 Å². The van der Waals surface area contributed by atoms with Crippen LogP contribution in [0.15, 0.2) is 71.2 Å². The van der Waals surface area contributed by atoms with Crippen molar-refractivity contribution in [3.8, 4) is 11.5 Å². The normalized spacial score (nSPS) is 15.1. The van der Waals surface area contributed by atoms with Gasteiger partial charge >= 0.3 is 0 Å². The van der Waals surface area contributed by atoms with Crippen LogP contribution in [0.25, 0.3) is 17.5 Å². The summed E-state index contributed by atoms with van der Waals surface area (Å²) < 4.78 is 5.75. The SMILES string of the molecule is Cc1oc(-c2ccccc2)nc1C(=O)N1CCN(C/C=C/c2ccccc2)CC1. The molecule has 1 fully saturated rings. The summed E-state index contributed by atoms with van der Waals surface area (Å²) in [6.45, 7) is 5.80. The second kappa shape index (κ2) is 8.88. The van der Waals surface area contributed by atoms with Crippen molar-refractivity contribution in [3.63, 3.8) is 0 Å². The summed E-state index contributed by atoms with van der Waals surface area (Å²) in [5.74, 6) is 1.02. The zero-order chi connectivity index (χ0) is 20.1. The molecule has 0 aliphatic carbocycles. The van der Waals surface area contributed by atoms with Crippen LogP contribution in [0.4, 0.5) is 0 Å². The number of carbonyl (C=O) groups is 1. The van der Waals surface area contributed by atoms with E-state index in [9.17, 15) is 4.79 Å². The molecule has 0 spiro atoms. The first-order valence-electron chi connectivity index (χ1n) is 9.97. The Hall–Kier alpha value is -3.18. The third-order valence-corrected chi connectivity index (χ3v) is 5.15.